The van der Waals surface area contributed by atoms with Crippen LogP contribution in [-0.2, 0) is 11.3 Å². The third-order valence-electron chi connectivity index (χ3n) is 5.36. The molecule has 158 valence electrons. The van der Waals surface area contributed by atoms with Crippen LogP contribution >= 0.6 is 11.6 Å². The molecule has 4 rings (SSSR count). The number of anilines is 1. The van der Waals surface area contributed by atoms with Gasteiger partial charge in [-0.3, -0.25) is 4.79 Å². The maximum atomic E-state index is 12.8. The van der Waals surface area contributed by atoms with Gasteiger partial charge >= 0.3 is 0 Å². The Morgan fingerprint density at radius 3 is 2.66 bits per heavy atom. The van der Waals surface area contributed by atoms with Crippen molar-refractivity contribution in [1.82, 2.24) is 4.57 Å². The second-order valence-corrected chi connectivity index (χ2v) is 8.24. The average molecular weight is 440 g/mol. The number of halogens is 1. The van der Waals surface area contributed by atoms with Crippen molar-refractivity contribution >= 4 is 40.2 Å². The number of aryl methyl sites for hydroxylation is 2. The lowest BCUT2D eigenvalue weighted by Crippen LogP contribution is -2.14. The maximum absolute atomic E-state index is 12.8. The first-order valence-electron chi connectivity index (χ1n) is 10.3. The lowest BCUT2D eigenvalue weighted by Gasteiger charge is -2.08. The van der Waals surface area contributed by atoms with Gasteiger partial charge in [0.1, 0.15) is 11.6 Å². The van der Waals surface area contributed by atoms with Crippen LogP contribution in [0.4, 0.5) is 5.69 Å². The molecule has 0 aliphatic rings. The monoisotopic (exact) mass is 439 g/mol. The Morgan fingerprint density at radius 1 is 1.09 bits per heavy atom. The molecule has 32 heavy (non-hydrogen) atoms. The van der Waals surface area contributed by atoms with E-state index in [1.807, 2.05) is 86.8 Å². The Balaban J connectivity index is 1.68. The van der Waals surface area contributed by atoms with Gasteiger partial charge in [0.25, 0.3) is 5.91 Å². The number of para-hydroxylation sites is 1. The fourth-order valence-corrected chi connectivity index (χ4v) is 4.01. The fourth-order valence-electron chi connectivity index (χ4n) is 3.80. The molecule has 0 saturated carbocycles. The van der Waals surface area contributed by atoms with Gasteiger partial charge in [0.05, 0.1) is 0 Å². The van der Waals surface area contributed by atoms with E-state index in [-0.39, 0.29) is 5.57 Å². The van der Waals surface area contributed by atoms with E-state index in [0.29, 0.717) is 17.3 Å². The van der Waals surface area contributed by atoms with Gasteiger partial charge in [-0.1, -0.05) is 59.6 Å². The van der Waals surface area contributed by atoms with Crippen LogP contribution in [0.5, 0.6) is 0 Å². The summed E-state index contributed by atoms with van der Waals surface area (Å²) in [7, 11) is 0. The standard InChI is InChI=1S/C27H22ClN3O/c1-18-10-11-25(19(2)12-18)30-27(32)21(15-29)14-22-17-31(26-9-4-3-8-24(22)26)16-20-6-5-7-23(28)13-20/h3-14,17H,16H2,1-2H3,(H,30,32)/b21-14+. The first-order valence-corrected chi connectivity index (χ1v) is 10.6. The third kappa shape index (κ3) is 4.59. The zero-order valence-corrected chi connectivity index (χ0v) is 18.6. The third-order valence-corrected chi connectivity index (χ3v) is 5.59. The minimum atomic E-state index is -0.425. The van der Waals surface area contributed by atoms with Gasteiger partial charge in [0.2, 0.25) is 0 Å². The van der Waals surface area contributed by atoms with E-state index >= 15 is 0 Å². The van der Waals surface area contributed by atoms with E-state index in [4.69, 9.17) is 11.6 Å². The highest BCUT2D eigenvalue weighted by Crippen LogP contribution is 2.26. The Hall–Kier alpha value is -3.81. The number of amides is 1. The van der Waals surface area contributed by atoms with Crippen LogP contribution in [0.15, 0.2) is 78.5 Å². The number of nitriles is 1. The number of aromatic nitrogens is 1. The quantitative estimate of drug-likeness (QED) is 0.285. The first-order chi connectivity index (χ1) is 15.4. The van der Waals surface area contributed by atoms with Gasteiger partial charge in [-0.05, 0) is 55.3 Å². The van der Waals surface area contributed by atoms with Crippen LogP contribution in [-0.4, -0.2) is 10.5 Å². The van der Waals surface area contributed by atoms with Gasteiger partial charge in [0.15, 0.2) is 0 Å². The Kier molecular flexibility index (Phi) is 6.11. The molecule has 4 aromatic rings. The summed E-state index contributed by atoms with van der Waals surface area (Å²) >= 11 is 6.14. The molecule has 4 nitrogen and oxygen atoms in total. The highest BCUT2D eigenvalue weighted by molar-refractivity contribution is 6.30. The van der Waals surface area contributed by atoms with Crippen LogP contribution in [0.25, 0.3) is 17.0 Å². The van der Waals surface area contributed by atoms with Crippen LogP contribution in [0, 0.1) is 25.2 Å². The summed E-state index contributed by atoms with van der Waals surface area (Å²) < 4.78 is 2.10. The summed E-state index contributed by atoms with van der Waals surface area (Å²) in [5.74, 6) is -0.425. The number of fused-ring (bicyclic) bond motifs is 1. The molecule has 0 radical (unpaired) electrons. The van der Waals surface area contributed by atoms with Crippen molar-refractivity contribution < 1.29 is 4.79 Å². The zero-order chi connectivity index (χ0) is 22.7. The molecule has 0 atom stereocenters. The Bertz CT molecular complexity index is 1390. The second-order valence-electron chi connectivity index (χ2n) is 7.80. The summed E-state index contributed by atoms with van der Waals surface area (Å²) in [6.07, 6.45) is 3.61. The molecule has 0 spiro atoms. The van der Waals surface area contributed by atoms with Gasteiger partial charge in [0, 0.05) is 39.9 Å². The van der Waals surface area contributed by atoms with Crippen LogP contribution in [0.2, 0.25) is 5.02 Å². The summed E-state index contributed by atoms with van der Waals surface area (Å²) in [6.45, 7) is 4.56. The first kappa shape index (κ1) is 21.4. The number of hydrogen-bond acceptors (Lipinski definition) is 2. The van der Waals surface area contributed by atoms with Crippen molar-refractivity contribution in [1.29, 1.82) is 5.26 Å². The maximum Gasteiger partial charge on any atom is 0.266 e. The number of nitrogens with one attached hydrogen (secondary N) is 1. The number of carbonyl (C=O) groups is 1. The molecule has 3 aromatic carbocycles. The zero-order valence-electron chi connectivity index (χ0n) is 17.9. The van der Waals surface area contributed by atoms with E-state index in [2.05, 4.69) is 16.0 Å². The largest absolute Gasteiger partial charge is 0.342 e. The summed E-state index contributed by atoms with van der Waals surface area (Å²) in [6, 6.07) is 23.5. The van der Waals surface area contributed by atoms with E-state index in [1.54, 1.807) is 6.08 Å². The second kappa shape index (κ2) is 9.13. The van der Waals surface area contributed by atoms with Crippen LogP contribution in [0.3, 0.4) is 0 Å². The van der Waals surface area contributed by atoms with E-state index in [0.717, 1.165) is 33.2 Å². The predicted molar refractivity (Wildman–Crippen MR) is 131 cm³/mol. The van der Waals surface area contributed by atoms with Gasteiger partial charge in [-0.25, -0.2) is 0 Å². The molecule has 0 saturated heterocycles. The number of benzene rings is 3. The highest BCUT2D eigenvalue weighted by atomic mass is 35.5. The molecular weight excluding hydrogens is 418 g/mol. The molecule has 0 unspecified atom stereocenters. The summed E-state index contributed by atoms with van der Waals surface area (Å²) in [4.78, 5) is 12.8. The van der Waals surface area contributed by atoms with E-state index in [9.17, 15) is 10.1 Å². The van der Waals surface area contributed by atoms with Gasteiger partial charge in [-0.2, -0.15) is 5.26 Å². The van der Waals surface area contributed by atoms with Crippen LogP contribution < -0.4 is 5.32 Å². The lowest BCUT2D eigenvalue weighted by molar-refractivity contribution is -0.112. The van der Waals surface area contributed by atoms with E-state index < -0.39 is 5.91 Å². The molecule has 5 heteroatoms. The number of hydrogen-bond donors (Lipinski definition) is 1. The molecule has 1 N–H and O–H groups in total. The van der Waals surface area contributed by atoms with Crippen molar-refractivity contribution in [2.24, 2.45) is 0 Å². The normalized spacial score (nSPS) is 11.4. The Morgan fingerprint density at radius 2 is 1.91 bits per heavy atom. The van der Waals surface area contributed by atoms with Gasteiger partial charge < -0.3 is 9.88 Å². The minimum absolute atomic E-state index is 0.0515. The van der Waals surface area contributed by atoms with Crippen molar-refractivity contribution in [2.75, 3.05) is 5.32 Å². The number of rotatable bonds is 5. The summed E-state index contributed by atoms with van der Waals surface area (Å²) in [5.41, 5.74) is 5.72. The molecule has 0 bridgehead atoms. The average Bonchev–Trinajstić information content (AvgIpc) is 3.11. The van der Waals surface area contributed by atoms with Gasteiger partial charge in [-0.15, -0.1) is 0 Å². The molecule has 0 fully saturated rings. The van der Waals surface area contributed by atoms with Crippen molar-refractivity contribution in [3.63, 3.8) is 0 Å². The molecule has 1 heterocycles. The predicted octanol–water partition coefficient (Wildman–Crippen LogP) is 6.51. The summed E-state index contributed by atoms with van der Waals surface area (Å²) in [5, 5.41) is 14.2. The highest BCUT2D eigenvalue weighted by Gasteiger charge is 2.14. The molecule has 1 amide bonds. The number of carbonyl (C=O) groups excluding carboxylic acids is 1. The SMILES string of the molecule is Cc1ccc(NC(=O)/C(C#N)=C/c2cn(Cc3cccc(Cl)c3)c3ccccc23)c(C)c1. The Labute approximate surface area is 192 Å². The molecular formula is C27H22ClN3O. The van der Waals surface area contributed by atoms with Crippen molar-refractivity contribution in [3.05, 3.63) is 106 Å². The fraction of sp³-hybridized carbons (Fsp3) is 0.111. The minimum Gasteiger partial charge on any atom is -0.342 e. The lowest BCUT2D eigenvalue weighted by atomic mass is 10.1. The molecule has 0 aliphatic carbocycles. The van der Waals surface area contributed by atoms with Crippen molar-refractivity contribution in [2.45, 2.75) is 20.4 Å². The molecule has 0 aliphatic heterocycles. The smallest absolute Gasteiger partial charge is 0.266 e. The van der Waals surface area contributed by atoms with Crippen molar-refractivity contribution in [3.8, 4) is 6.07 Å². The topological polar surface area (TPSA) is 57.8 Å². The molecule has 1 aromatic heterocycles. The van der Waals surface area contributed by atoms with E-state index in [1.165, 1.54) is 0 Å². The number of nitrogens with zero attached hydrogens (tertiary/aromatic N) is 2. The van der Waals surface area contributed by atoms with Crippen LogP contribution in [0.1, 0.15) is 22.3 Å².